The van der Waals surface area contributed by atoms with Crippen LogP contribution in [0.5, 0.6) is 11.5 Å². The van der Waals surface area contributed by atoms with Gasteiger partial charge in [0.1, 0.15) is 17.1 Å². The zero-order chi connectivity index (χ0) is 39.0. The molecule has 51 heavy (non-hydrogen) atoms. The van der Waals surface area contributed by atoms with Crippen LogP contribution in [0.3, 0.4) is 0 Å². The van der Waals surface area contributed by atoms with E-state index >= 15 is 0 Å². The Morgan fingerprint density at radius 1 is 0.706 bits per heavy atom. The lowest BCUT2D eigenvalue weighted by molar-refractivity contribution is -0.183. The number of H-pyrrole nitrogens is 8. The Bertz CT molecular complexity index is 2320. The van der Waals surface area contributed by atoms with E-state index in [1.807, 2.05) is 26.9 Å². The first-order valence-corrected chi connectivity index (χ1v) is 12.8. The van der Waals surface area contributed by atoms with E-state index in [9.17, 15) is 52.7 Å². The summed E-state index contributed by atoms with van der Waals surface area (Å²) in [7, 11) is 1.92. The predicted molar refractivity (Wildman–Crippen MR) is 167 cm³/mol. The van der Waals surface area contributed by atoms with Gasteiger partial charge in [-0.25, -0.2) is 33.6 Å². The Kier molecular flexibility index (Phi) is 15.3. The quantitative estimate of drug-likeness (QED) is 0.0673. The van der Waals surface area contributed by atoms with E-state index in [4.69, 9.17) is 32.0 Å². The number of hydrogen-bond acceptors (Lipinski definition) is 18. The summed E-state index contributed by atoms with van der Waals surface area (Å²) in [6.07, 6.45) is 1.78. The van der Waals surface area contributed by atoms with Crippen LogP contribution in [0.15, 0.2) is 50.7 Å². The highest BCUT2D eigenvalue weighted by atomic mass is 17.1. The maximum Gasteiger partial charge on any atom is 0.393 e. The third kappa shape index (κ3) is 13.7. The fourth-order valence-corrected chi connectivity index (χ4v) is 2.69. The van der Waals surface area contributed by atoms with Crippen LogP contribution in [-0.2, 0) is 4.89 Å². The molecule has 18 N–H and O–H groups in total. The molecule has 0 unspecified atom stereocenters. The molecule has 1 aliphatic heterocycles. The van der Waals surface area contributed by atoms with Gasteiger partial charge >= 0.3 is 40.7 Å². The number of anilines is 2. The van der Waals surface area contributed by atoms with Crippen molar-refractivity contribution in [2.24, 2.45) is 0 Å². The maximum absolute atomic E-state index is 10.7. The fraction of sp³-hybridized carbons (Fsp3) is 0.136. The standard InChI is InChI=1S/C5H4N2O6.C5H4N2O4.C4H6N4O2.C4H9N3O.C4H4N2O3/c8-2-1(4(10)13-12)6-5(11)7-3(2)9;8-3-2(4(9)10)1-6-5(11)7-3;5-1-2(6)7-4(10)8-3(1)9;1-7-2-5-4(8)6-3-7;7-2-1-5-4(9)6-3(2)8/h8,12H,(H2,6,7,9,11);1H,(H,9,10)(H2,6,7,8,11);5H2,(H4,6,7,8,9,10);2-3H2,1H3,(H2,5,6,8);1,7H,(H2,5,6,8,9). The minimum atomic E-state index is -1.43. The molecule has 29 heteroatoms. The molecule has 2 amide bonds. The molecule has 4 aromatic rings. The maximum atomic E-state index is 10.7. The van der Waals surface area contributed by atoms with Gasteiger partial charge in [-0.1, -0.05) is 0 Å². The van der Waals surface area contributed by atoms with E-state index in [0.29, 0.717) is 13.3 Å². The van der Waals surface area contributed by atoms with Crippen LogP contribution >= 0.6 is 0 Å². The number of aromatic amines is 8. The van der Waals surface area contributed by atoms with Crippen molar-refractivity contribution in [3.05, 3.63) is 107 Å². The van der Waals surface area contributed by atoms with E-state index in [2.05, 4.69) is 25.5 Å². The molecule has 1 fully saturated rings. The zero-order valence-electron chi connectivity index (χ0n) is 25.4. The first kappa shape index (κ1) is 41.1. The van der Waals surface area contributed by atoms with Crippen molar-refractivity contribution in [2.45, 2.75) is 0 Å². The van der Waals surface area contributed by atoms with Crippen molar-refractivity contribution in [3.63, 3.8) is 0 Å². The second-order valence-electron chi connectivity index (χ2n) is 8.85. The Morgan fingerprint density at radius 3 is 1.65 bits per heavy atom. The number of aromatic nitrogens is 8. The second kappa shape index (κ2) is 19.0. The van der Waals surface area contributed by atoms with Gasteiger partial charge in [-0.15, -0.1) is 0 Å². The highest BCUT2D eigenvalue weighted by Gasteiger charge is 2.17. The van der Waals surface area contributed by atoms with Crippen LogP contribution < -0.4 is 67.1 Å². The molecule has 0 aromatic carbocycles. The molecule has 5 rings (SSSR count). The topological polar surface area (TPSA) is 484 Å². The van der Waals surface area contributed by atoms with Crippen molar-refractivity contribution in [1.29, 1.82) is 0 Å². The normalized spacial score (nSPS) is 11.5. The number of aromatic carboxylic acids is 1. The second-order valence-corrected chi connectivity index (χ2v) is 8.85. The molecule has 0 bridgehead atoms. The number of rotatable bonds is 2. The van der Waals surface area contributed by atoms with Gasteiger partial charge in [0.15, 0.2) is 11.4 Å². The van der Waals surface area contributed by atoms with Gasteiger partial charge in [-0.2, -0.15) is 5.26 Å². The number of carbonyl (C=O) groups excluding carboxylic acids is 2. The molecule has 0 radical (unpaired) electrons. The first-order valence-electron chi connectivity index (χ1n) is 12.8. The Labute approximate surface area is 275 Å². The lowest BCUT2D eigenvalue weighted by Gasteiger charge is -2.23. The van der Waals surface area contributed by atoms with Crippen LogP contribution in [-0.4, -0.2) is 104 Å². The van der Waals surface area contributed by atoms with Gasteiger partial charge in [0.25, 0.3) is 22.2 Å². The average molecular weight is 730 g/mol. The van der Waals surface area contributed by atoms with E-state index in [1.165, 1.54) is 0 Å². The molecule has 0 saturated carbocycles. The molecule has 0 spiro atoms. The Hall–Kier alpha value is -7.95. The minimum Gasteiger partial charge on any atom is -0.502 e. The third-order valence-electron chi connectivity index (χ3n) is 5.08. The molecular formula is C22H27N13O16. The van der Waals surface area contributed by atoms with Crippen LogP contribution in [0.1, 0.15) is 20.8 Å². The number of urea groups is 1. The molecule has 1 saturated heterocycles. The summed E-state index contributed by atoms with van der Waals surface area (Å²) in [5.74, 6) is -4.43. The number of carboxylic acids is 1. The number of carbonyl (C=O) groups is 3. The zero-order valence-corrected chi connectivity index (χ0v) is 25.4. The van der Waals surface area contributed by atoms with Gasteiger partial charge in [-0.05, 0) is 7.05 Å². The van der Waals surface area contributed by atoms with Crippen molar-refractivity contribution in [1.82, 2.24) is 55.4 Å². The first-order chi connectivity index (χ1) is 23.8. The summed E-state index contributed by atoms with van der Waals surface area (Å²) in [5, 5.41) is 38.9. The molecule has 1 aliphatic rings. The number of amides is 2. The molecular weight excluding hydrogens is 702 g/mol. The van der Waals surface area contributed by atoms with E-state index in [0.717, 1.165) is 12.4 Å². The summed E-state index contributed by atoms with van der Waals surface area (Å²) in [4.78, 5) is 135. The molecule has 5 heterocycles. The number of nitrogens with one attached hydrogen (secondary N) is 10. The molecule has 0 aliphatic carbocycles. The molecule has 0 atom stereocenters. The minimum absolute atomic E-state index is 0.0805. The Morgan fingerprint density at radius 2 is 1.20 bits per heavy atom. The summed E-state index contributed by atoms with van der Waals surface area (Å²) in [6.45, 7) is 1.29. The van der Waals surface area contributed by atoms with Crippen LogP contribution in [0, 0.1) is 0 Å². The number of aromatic hydroxyl groups is 2. The highest BCUT2D eigenvalue weighted by molar-refractivity contribution is 5.89. The average Bonchev–Trinajstić information content (AvgIpc) is 3.05. The molecule has 276 valence electrons. The van der Waals surface area contributed by atoms with Gasteiger partial charge in [0.2, 0.25) is 5.75 Å². The summed E-state index contributed by atoms with van der Waals surface area (Å²) < 4.78 is 0. The summed E-state index contributed by atoms with van der Waals surface area (Å²) in [6, 6.07) is -0.0805. The van der Waals surface area contributed by atoms with Gasteiger partial charge in [-0.3, -0.25) is 58.9 Å². The number of nitrogens with zero attached hydrogens (tertiary/aromatic N) is 1. The third-order valence-corrected chi connectivity index (χ3v) is 5.08. The van der Waals surface area contributed by atoms with Crippen molar-refractivity contribution in [3.8, 4) is 11.5 Å². The van der Waals surface area contributed by atoms with Gasteiger partial charge in [0.05, 0.1) is 19.5 Å². The van der Waals surface area contributed by atoms with Crippen molar-refractivity contribution in [2.75, 3.05) is 31.9 Å². The van der Waals surface area contributed by atoms with E-state index < -0.39 is 79.7 Å². The van der Waals surface area contributed by atoms with Gasteiger partial charge < -0.3 is 47.4 Å². The lowest BCUT2D eigenvalue weighted by Crippen LogP contribution is -2.52. The number of nitrogen functional groups attached to an aromatic ring is 2. The monoisotopic (exact) mass is 729 g/mol. The largest absolute Gasteiger partial charge is 0.502 e. The lowest BCUT2D eigenvalue weighted by atomic mass is 10.3. The van der Waals surface area contributed by atoms with Gasteiger partial charge in [0, 0.05) is 6.20 Å². The molecule has 29 nitrogen and oxygen atoms in total. The van der Waals surface area contributed by atoms with E-state index in [1.54, 1.807) is 15.0 Å². The highest BCUT2D eigenvalue weighted by Crippen LogP contribution is 2.05. The smallest absolute Gasteiger partial charge is 0.393 e. The number of hydrogen-bond donors (Lipinski definition) is 16. The number of carboxylic acid groups (broad SMARTS) is 1. The SMILES string of the molecule is CN1CNC(=O)NC1.Nc1[nH]c(=O)[nH]c(=O)c1N.O=C(O)c1c[nH]c(=O)[nH]c1=O.O=C(OO)c1[nH]c(=O)[nH]c(=O)c1O.O=c1[nH]cc(O)c(=O)[nH]1. The van der Waals surface area contributed by atoms with Crippen molar-refractivity contribution < 1.29 is 39.8 Å². The predicted octanol–water partition coefficient (Wildman–Crippen LogP) is -6.70. The molecule has 4 aromatic heterocycles. The van der Waals surface area contributed by atoms with Crippen LogP contribution in [0.25, 0.3) is 0 Å². The van der Waals surface area contributed by atoms with Crippen LogP contribution in [0.2, 0.25) is 0 Å². The van der Waals surface area contributed by atoms with Crippen LogP contribution in [0.4, 0.5) is 16.3 Å². The van der Waals surface area contributed by atoms with E-state index in [-0.39, 0.29) is 17.5 Å². The van der Waals surface area contributed by atoms with Crippen molar-refractivity contribution >= 4 is 29.5 Å². The summed E-state index contributed by atoms with van der Waals surface area (Å²) in [5.41, 5.74) is 2.28. The Balaban J connectivity index is 0.000000322. The number of nitrogens with two attached hydrogens (primary N) is 2. The fourth-order valence-electron chi connectivity index (χ4n) is 2.69. The summed E-state index contributed by atoms with van der Waals surface area (Å²) >= 11 is 0.